The Hall–Kier alpha value is -1.99. The van der Waals surface area contributed by atoms with E-state index in [4.69, 9.17) is 9.73 Å². The molecular formula is C21H24N2O3S2. The minimum atomic E-state index is -2.99. The van der Waals surface area contributed by atoms with Crippen molar-refractivity contribution in [2.45, 2.75) is 24.3 Å². The highest BCUT2D eigenvalue weighted by atomic mass is 32.2. The maximum absolute atomic E-state index is 12.1. The highest BCUT2D eigenvalue weighted by Gasteiger charge is 2.46. The molecule has 0 aliphatic carbocycles. The molecule has 1 fully saturated rings. The molecule has 0 amide bonds. The average molecular weight is 417 g/mol. The van der Waals surface area contributed by atoms with Gasteiger partial charge >= 0.3 is 0 Å². The molecular weight excluding hydrogens is 392 g/mol. The Labute approximate surface area is 170 Å². The number of fused-ring (bicyclic) bond motifs is 1. The van der Waals surface area contributed by atoms with Crippen LogP contribution in [0.25, 0.3) is 0 Å². The van der Waals surface area contributed by atoms with Crippen LogP contribution in [-0.4, -0.2) is 55.7 Å². The summed E-state index contributed by atoms with van der Waals surface area (Å²) < 4.78 is 29.4. The monoisotopic (exact) mass is 416 g/mol. The lowest BCUT2D eigenvalue weighted by Crippen LogP contribution is -2.40. The second-order valence-corrected chi connectivity index (χ2v) is 10.3. The first-order valence-electron chi connectivity index (χ1n) is 9.38. The van der Waals surface area contributed by atoms with E-state index >= 15 is 0 Å². The van der Waals surface area contributed by atoms with Crippen LogP contribution in [0, 0.1) is 0 Å². The van der Waals surface area contributed by atoms with Crippen molar-refractivity contribution in [3.63, 3.8) is 0 Å². The first-order valence-corrected chi connectivity index (χ1v) is 12.2. The smallest absolute Gasteiger partial charge is 0.160 e. The van der Waals surface area contributed by atoms with Gasteiger partial charge in [-0.3, -0.25) is 4.99 Å². The third-order valence-corrected chi connectivity index (χ3v) is 8.00. The molecule has 0 radical (unpaired) electrons. The van der Waals surface area contributed by atoms with Gasteiger partial charge in [-0.05, 0) is 29.7 Å². The second kappa shape index (κ2) is 8.17. The minimum absolute atomic E-state index is 0.0212. The molecule has 0 N–H and O–H groups in total. The van der Waals surface area contributed by atoms with Crippen LogP contribution >= 0.6 is 11.8 Å². The lowest BCUT2D eigenvalue weighted by Gasteiger charge is -2.26. The van der Waals surface area contributed by atoms with Crippen LogP contribution in [0.5, 0.6) is 5.75 Å². The average Bonchev–Trinajstić information content (AvgIpc) is 3.17. The van der Waals surface area contributed by atoms with E-state index in [-0.39, 0.29) is 23.6 Å². The zero-order valence-corrected chi connectivity index (χ0v) is 17.5. The fourth-order valence-electron chi connectivity index (χ4n) is 3.73. The van der Waals surface area contributed by atoms with Crippen molar-refractivity contribution >= 4 is 26.8 Å². The van der Waals surface area contributed by atoms with Gasteiger partial charge in [0.1, 0.15) is 5.75 Å². The van der Waals surface area contributed by atoms with Gasteiger partial charge in [-0.25, -0.2) is 8.42 Å². The number of nitrogens with zero attached hydrogens (tertiary/aromatic N) is 2. The fourth-order valence-corrected chi connectivity index (χ4v) is 6.70. The summed E-state index contributed by atoms with van der Waals surface area (Å²) in [5.41, 5.74) is 2.45. The van der Waals surface area contributed by atoms with E-state index in [0.29, 0.717) is 0 Å². The highest BCUT2D eigenvalue weighted by Crippen LogP contribution is 2.32. The SMILES string of the molecule is COc1ccc(CSC2=N[C@@H]3CS(=O)(=O)C[C@@H]3N2CCc2ccccc2)cc1. The molecule has 2 aromatic rings. The molecule has 28 heavy (non-hydrogen) atoms. The second-order valence-electron chi connectivity index (χ2n) is 7.19. The zero-order valence-electron chi connectivity index (χ0n) is 15.8. The van der Waals surface area contributed by atoms with Crippen molar-refractivity contribution in [2.24, 2.45) is 4.99 Å². The summed E-state index contributed by atoms with van der Waals surface area (Å²) >= 11 is 1.69. The summed E-state index contributed by atoms with van der Waals surface area (Å²) in [7, 11) is -1.33. The standard InChI is InChI=1S/C21H24N2O3S2/c1-26-18-9-7-17(8-10-18)13-27-21-22-19-14-28(24,25)15-20(19)23(21)12-11-16-5-3-2-4-6-16/h2-10,19-20H,11-15H2,1H3/t19-,20+/m1/s1. The van der Waals surface area contributed by atoms with Crippen LogP contribution in [0.1, 0.15) is 11.1 Å². The molecule has 5 nitrogen and oxygen atoms in total. The van der Waals surface area contributed by atoms with Crippen LogP contribution < -0.4 is 4.74 Å². The van der Waals surface area contributed by atoms with Crippen LogP contribution in [0.4, 0.5) is 0 Å². The predicted molar refractivity (Wildman–Crippen MR) is 115 cm³/mol. The number of rotatable bonds is 6. The number of methoxy groups -OCH3 is 1. The molecule has 2 aliphatic rings. The molecule has 0 saturated carbocycles. The van der Waals surface area contributed by atoms with Crippen molar-refractivity contribution in [1.29, 1.82) is 0 Å². The van der Waals surface area contributed by atoms with Crippen molar-refractivity contribution in [1.82, 2.24) is 4.90 Å². The van der Waals surface area contributed by atoms with Gasteiger partial charge in [-0.15, -0.1) is 0 Å². The molecule has 0 bridgehead atoms. The highest BCUT2D eigenvalue weighted by molar-refractivity contribution is 8.13. The quantitative estimate of drug-likeness (QED) is 0.725. The van der Waals surface area contributed by atoms with E-state index in [2.05, 4.69) is 29.2 Å². The summed E-state index contributed by atoms with van der Waals surface area (Å²) in [4.78, 5) is 7.01. The van der Waals surface area contributed by atoms with Crippen molar-refractivity contribution in [3.05, 3.63) is 65.7 Å². The maximum atomic E-state index is 12.1. The van der Waals surface area contributed by atoms with E-state index < -0.39 is 9.84 Å². The van der Waals surface area contributed by atoms with Crippen LogP contribution in [0.15, 0.2) is 59.6 Å². The number of aliphatic imine (C=N–C) groups is 1. The van der Waals surface area contributed by atoms with E-state index in [1.807, 2.05) is 30.3 Å². The third kappa shape index (κ3) is 4.36. The summed E-state index contributed by atoms with van der Waals surface area (Å²) in [6.07, 6.45) is 0.881. The normalized spacial score (nSPS) is 22.8. The lowest BCUT2D eigenvalue weighted by molar-refractivity contribution is 0.352. The number of amidine groups is 1. The first kappa shape index (κ1) is 19.3. The molecule has 148 valence electrons. The van der Waals surface area contributed by atoms with Crippen molar-refractivity contribution < 1.29 is 13.2 Å². The van der Waals surface area contributed by atoms with E-state index in [0.717, 1.165) is 29.6 Å². The Balaban J connectivity index is 1.46. The molecule has 0 unspecified atom stereocenters. The Morgan fingerprint density at radius 3 is 2.54 bits per heavy atom. The van der Waals surface area contributed by atoms with Crippen LogP contribution in [-0.2, 0) is 22.0 Å². The molecule has 2 aromatic carbocycles. The van der Waals surface area contributed by atoms with Crippen molar-refractivity contribution in [3.8, 4) is 5.75 Å². The topological polar surface area (TPSA) is 59.0 Å². The van der Waals surface area contributed by atoms with E-state index in [1.54, 1.807) is 18.9 Å². The van der Waals surface area contributed by atoms with Gasteiger partial charge in [0.05, 0.1) is 30.7 Å². The number of sulfone groups is 1. The van der Waals surface area contributed by atoms with Crippen molar-refractivity contribution in [2.75, 3.05) is 25.2 Å². The number of ether oxygens (including phenoxy) is 1. The van der Waals surface area contributed by atoms with Gasteiger partial charge in [-0.1, -0.05) is 54.2 Å². The van der Waals surface area contributed by atoms with Crippen LogP contribution in [0.2, 0.25) is 0 Å². The molecule has 7 heteroatoms. The Morgan fingerprint density at radius 2 is 1.82 bits per heavy atom. The Morgan fingerprint density at radius 1 is 1.07 bits per heavy atom. The van der Waals surface area contributed by atoms with Gasteiger partial charge in [-0.2, -0.15) is 0 Å². The molecule has 2 aliphatic heterocycles. The van der Waals surface area contributed by atoms with Gasteiger partial charge < -0.3 is 9.64 Å². The van der Waals surface area contributed by atoms with Gasteiger partial charge in [0.15, 0.2) is 15.0 Å². The first-order chi connectivity index (χ1) is 13.5. The molecule has 0 aromatic heterocycles. The molecule has 0 spiro atoms. The Kier molecular flexibility index (Phi) is 5.64. The molecule has 2 atom stereocenters. The molecule has 4 rings (SSSR count). The number of hydrogen-bond acceptors (Lipinski definition) is 6. The van der Waals surface area contributed by atoms with Gasteiger partial charge in [0.25, 0.3) is 0 Å². The molecule has 2 heterocycles. The number of benzene rings is 2. The van der Waals surface area contributed by atoms with E-state index in [9.17, 15) is 8.42 Å². The van der Waals surface area contributed by atoms with Gasteiger partial charge in [0.2, 0.25) is 0 Å². The summed E-state index contributed by atoms with van der Waals surface area (Å²) in [5.74, 6) is 2.03. The zero-order chi connectivity index (χ0) is 19.6. The third-order valence-electron chi connectivity index (χ3n) is 5.23. The Bertz CT molecular complexity index is 943. The summed E-state index contributed by atoms with van der Waals surface area (Å²) in [6, 6.07) is 18.2. The lowest BCUT2D eigenvalue weighted by atomic mass is 10.1. The van der Waals surface area contributed by atoms with E-state index in [1.165, 1.54) is 11.1 Å². The van der Waals surface area contributed by atoms with Gasteiger partial charge in [0, 0.05) is 12.3 Å². The summed E-state index contributed by atoms with van der Waals surface area (Å²) in [5, 5.41) is 0.969. The molecule has 1 saturated heterocycles. The fraction of sp³-hybridized carbons (Fsp3) is 0.381. The van der Waals surface area contributed by atoms with Crippen LogP contribution in [0.3, 0.4) is 0 Å². The minimum Gasteiger partial charge on any atom is -0.497 e. The summed E-state index contributed by atoms with van der Waals surface area (Å²) in [6.45, 7) is 0.787. The predicted octanol–water partition coefficient (Wildman–Crippen LogP) is 3.01. The maximum Gasteiger partial charge on any atom is 0.160 e. The largest absolute Gasteiger partial charge is 0.497 e. The number of hydrogen-bond donors (Lipinski definition) is 0. The number of thioether (sulfide) groups is 1.